The Bertz CT molecular complexity index is 1120. The third-order valence-corrected chi connectivity index (χ3v) is 9.97. The Morgan fingerprint density at radius 2 is 1.00 bits per heavy atom. The monoisotopic (exact) mass is 824 g/mol. The highest BCUT2D eigenvalue weighted by atomic mass is 31.2. The SMILES string of the molecule is CCC=CCC=CCC=CCCCCCCCC(=O)OC(COC(=O)CCCCCCCCCCCCCCC)COP(=O)(O)OCC(O)COP(=O)(O)O. The van der Waals surface area contributed by atoms with Crippen molar-refractivity contribution in [1.29, 1.82) is 0 Å². The first kappa shape index (κ1) is 53.3. The van der Waals surface area contributed by atoms with Gasteiger partial charge in [0, 0.05) is 12.8 Å². The molecular weight excluding hydrogens is 750 g/mol. The number of hydrogen-bond acceptors (Lipinski definition) is 10. The summed E-state index contributed by atoms with van der Waals surface area (Å²) in [4.78, 5) is 52.6. The summed E-state index contributed by atoms with van der Waals surface area (Å²) in [5.74, 6) is -1.05. The lowest BCUT2D eigenvalue weighted by Crippen LogP contribution is -2.30. The number of aliphatic hydroxyl groups is 1. The molecule has 0 amide bonds. The Hall–Kier alpha value is -1.66. The van der Waals surface area contributed by atoms with Crippen LogP contribution in [0, 0.1) is 0 Å². The predicted octanol–water partition coefficient (Wildman–Crippen LogP) is 10.1. The number of unbranched alkanes of at least 4 members (excludes halogenated alkanes) is 17. The van der Waals surface area contributed by atoms with E-state index in [1.807, 2.05) is 0 Å². The topological polar surface area (TPSA) is 195 Å². The molecule has 0 aliphatic rings. The molecule has 0 rings (SSSR count). The quantitative estimate of drug-likeness (QED) is 0.0198. The number of allylic oxidation sites excluding steroid dienone is 6. The Kier molecular flexibility index (Phi) is 35.6. The van der Waals surface area contributed by atoms with E-state index in [0.29, 0.717) is 12.8 Å². The lowest BCUT2D eigenvalue weighted by atomic mass is 10.0. The van der Waals surface area contributed by atoms with Gasteiger partial charge in [-0.2, -0.15) is 0 Å². The second-order valence-corrected chi connectivity index (χ2v) is 16.6. The van der Waals surface area contributed by atoms with E-state index >= 15 is 0 Å². The molecule has 0 aromatic carbocycles. The fourth-order valence-electron chi connectivity index (χ4n) is 5.42. The van der Waals surface area contributed by atoms with Gasteiger partial charge in [0.15, 0.2) is 6.10 Å². The van der Waals surface area contributed by atoms with Crippen LogP contribution in [-0.2, 0) is 41.8 Å². The Labute approximate surface area is 331 Å². The van der Waals surface area contributed by atoms with E-state index in [1.165, 1.54) is 57.8 Å². The third kappa shape index (κ3) is 40.3. The average molecular weight is 825 g/mol. The van der Waals surface area contributed by atoms with Crippen LogP contribution in [0.1, 0.15) is 168 Å². The van der Waals surface area contributed by atoms with Gasteiger partial charge < -0.3 is 29.3 Å². The van der Waals surface area contributed by atoms with Gasteiger partial charge in [0.25, 0.3) is 0 Å². The van der Waals surface area contributed by atoms with Crippen LogP contribution in [0.5, 0.6) is 0 Å². The number of carbonyl (C=O) groups is 2. The molecule has 55 heavy (non-hydrogen) atoms. The molecule has 0 heterocycles. The molecule has 3 unspecified atom stereocenters. The highest BCUT2D eigenvalue weighted by Gasteiger charge is 2.28. The van der Waals surface area contributed by atoms with Crippen LogP contribution in [0.3, 0.4) is 0 Å². The largest absolute Gasteiger partial charge is 0.472 e. The zero-order valence-electron chi connectivity index (χ0n) is 33.8. The molecule has 322 valence electrons. The predicted molar refractivity (Wildman–Crippen MR) is 216 cm³/mol. The molecule has 0 aromatic heterocycles. The maximum atomic E-state index is 12.6. The Morgan fingerprint density at radius 3 is 1.55 bits per heavy atom. The van der Waals surface area contributed by atoms with E-state index in [0.717, 1.165) is 70.6 Å². The summed E-state index contributed by atoms with van der Waals surface area (Å²) < 4.78 is 47.7. The summed E-state index contributed by atoms with van der Waals surface area (Å²) in [6, 6.07) is 0. The van der Waals surface area contributed by atoms with Gasteiger partial charge in [-0.1, -0.05) is 147 Å². The summed E-state index contributed by atoms with van der Waals surface area (Å²) in [6.07, 6.45) is 34.2. The zero-order chi connectivity index (χ0) is 40.9. The highest BCUT2D eigenvalue weighted by molar-refractivity contribution is 7.47. The van der Waals surface area contributed by atoms with Gasteiger partial charge in [0.2, 0.25) is 0 Å². The Morgan fingerprint density at radius 1 is 0.545 bits per heavy atom. The van der Waals surface area contributed by atoms with Crippen molar-refractivity contribution in [3.8, 4) is 0 Å². The maximum Gasteiger partial charge on any atom is 0.472 e. The van der Waals surface area contributed by atoms with Gasteiger partial charge in [0.1, 0.15) is 12.7 Å². The van der Waals surface area contributed by atoms with Crippen molar-refractivity contribution in [1.82, 2.24) is 0 Å². The second kappa shape index (κ2) is 36.7. The number of ether oxygens (including phenoxy) is 2. The van der Waals surface area contributed by atoms with E-state index in [1.54, 1.807) is 0 Å². The summed E-state index contributed by atoms with van der Waals surface area (Å²) in [5, 5.41) is 9.73. The van der Waals surface area contributed by atoms with Crippen molar-refractivity contribution < 1.29 is 61.6 Å². The smallest absolute Gasteiger partial charge is 0.462 e. The fraction of sp³-hybridized carbons (Fsp3) is 0.800. The summed E-state index contributed by atoms with van der Waals surface area (Å²) in [7, 11) is -9.67. The van der Waals surface area contributed by atoms with Crippen molar-refractivity contribution in [2.75, 3.05) is 26.4 Å². The van der Waals surface area contributed by atoms with Crippen molar-refractivity contribution in [2.45, 2.75) is 180 Å². The summed E-state index contributed by atoms with van der Waals surface area (Å²) in [5.41, 5.74) is 0. The van der Waals surface area contributed by atoms with E-state index in [2.05, 4.69) is 59.4 Å². The molecule has 0 aliphatic heterocycles. The van der Waals surface area contributed by atoms with Crippen molar-refractivity contribution in [2.24, 2.45) is 0 Å². The summed E-state index contributed by atoms with van der Waals surface area (Å²) in [6.45, 7) is 1.63. The third-order valence-electron chi connectivity index (χ3n) is 8.53. The molecule has 0 aliphatic carbocycles. The number of rotatable bonds is 39. The minimum absolute atomic E-state index is 0.113. The van der Waals surface area contributed by atoms with Crippen LogP contribution in [0.15, 0.2) is 36.5 Å². The van der Waals surface area contributed by atoms with E-state index < -0.39 is 59.6 Å². The molecule has 0 saturated carbocycles. The van der Waals surface area contributed by atoms with Crippen molar-refractivity contribution >= 4 is 27.6 Å². The molecule has 3 atom stereocenters. The average Bonchev–Trinajstić information content (AvgIpc) is 3.14. The van der Waals surface area contributed by atoms with Crippen LogP contribution in [0.4, 0.5) is 0 Å². The minimum atomic E-state index is -4.86. The van der Waals surface area contributed by atoms with E-state index in [4.69, 9.17) is 23.8 Å². The summed E-state index contributed by atoms with van der Waals surface area (Å²) >= 11 is 0. The van der Waals surface area contributed by atoms with Gasteiger partial charge in [-0.05, 0) is 44.9 Å². The molecule has 0 saturated heterocycles. The molecule has 0 spiro atoms. The number of esters is 2. The van der Waals surface area contributed by atoms with Gasteiger partial charge in [0.05, 0.1) is 19.8 Å². The number of aliphatic hydroxyl groups excluding tert-OH is 1. The molecule has 0 aromatic rings. The van der Waals surface area contributed by atoms with Gasteiger partial charge >= 0.3 is 27.6 Å². The first-order valence-electron chi connectivity index (χ1n) is 20.7. The molecule has 15 heteroatoms. The fourth-order valence-corrected chi connectivity index (χ4v) is 6.58. The number of carbonyl (C=O) groups excluding carboxylic acids is 2. The molecule has 13 nitrogen and oxygen atoms in total. The molecular formula is C40H74O13P2. The van der Waals surface area contributed by atoms with Crippen molar-refractivity contribution in [3.05, 3.63) is 36.5 Å². The lowest BCUT2D eigenvalue weighted by molar-refractivity contribution is -0.161. The van der Waals surface area contributed by atoms with Crippen molar-refractivity contribution in [3.63, 3.8) is 0 Å². The van der Waals surface area contributed by atoms with Crippen LogP contribution in [0.25, 0.3) is 0 Å². The number of hydrogen-bond donors (Lipinski definition) is 4. The molecule has 0 fully saturated rings. The maximum absolute atomic E-state index is 12.6. The standard InChI is InChI=1S/C40H74O13P2/c1-3-5-7-9-11-13-15-17-18-20-22-24-26-28-30-32-40(43)53-38(36-52-55(47,48)51-34-37(41)33-50-54(44,45)46)35-49-39(42)31-29-27-25-23-21-19-16-14-12-10-8-6-4-2/h5,7,11,13,17-18,37-38,41H,3-4,6,8-10,12,14-16,19-36H2,1-2H3,(H,47,48)(H2,44,45,46). The van der Waals surface area contributed by atoms with Crippen LogP contribution in [0.2, 0.25) is 0 Å². The van der Waals surface area contributed by atoms with Crippen LogP contribution < -0.4 is 0 Å². The molecule has 0 bridgehead atoms. The van der Waals surface area contributed by atoms with E-state index in [-0.39, 0.29) is 19.4 Å². The van der Waals surface area contributed by atoms with Gasteiger partial charge in [-0.3, -0.25) is 23.2 Å². The first-order chi connectivity index (χ1) is 26.4. The number of phosphoric ester groups is 2. The lowest BCUT2D eigenvalue weighted by Gasteiger charge is -2.20. The van der Waals surface area contributed by atoms with Crippen LogP contribution >= 0.6 is 15.6 Å². The minimum Gasteiger partial charge on any atom is -0.462 e. The molecule has 0 radical (unpaired) electrons. The zero-order valence-corrected chi connectivity index (χ0v) is 35.6. The normalized spacial score (nSPS) is 14.5. The first-order valence-corrected chi connectivity index (χ1v) is 23.7. The number of phosphoric acid groups is 2. The second-order valence-electron chi connectivity index (χ2n) is 13.9. The Balaban J connectivity index is 4.57. The highest BCUT2D eigenvalue weighted by Crippen LogP contribution is 2.43. The van der Waals surface area contributed by atoms with Gasteiger partial charge in [-0.25, -0.2) is 9.13 Å². The van der Waals surface area contributed by atoms with Gasteiger partial charge in [-0.15, -0.1) is 0 Å². The molecule has 4 N–H and O–H groups in total. The van der Waals surface area contributed by atoms with Crippen LogP contribution in [-0.4, -0.2) is 70.4 Å². The van der Waals surface area contributed by atoms with E-state index in [9.17, 15) is 28.7 Å².